The Kier molecular flexibility index (Phi) is 5.24. The van der Waals surface area contributed by atoms with Gasteiger partial charge in [-0.15, -0.1) is 0 Å². The third-order valence-corrected chi connectivity index (χ3v) is 5.72. The number of nitrogens with one attached hydrogen (secondary N) is 1. The number of hydrogen-bond donors (Lipinski definition) is 2. The SMILES string of the molecule is Cn1cc(-c2ccc3cnc(NC(=O)c4ccnc(N5CCC(N)CC5)c4)nc3c2)cn1. The molecule has 162 valence electrons. The minimum absolute atomic E-state index is 0.237. The summed E-state index contributed by atoms with van der Waals surface area (Å²) in [6, 6.07) is 9.66. The molecule has 0 atom stereocenters. The van der Waals surface area contributed by atoms with Crippen molar-refractivity contribution in [1.82, 2.24) is 24.7 Å². The standard InChI is InChI=1S/C23H24N8O/c1-30-14-18(13-27-30)15-2-3-17-12-26-23(28-20(17)10-15)29-22(32)16-4-7-25-21(11-16)31-8-5-19(24)6-9-31/h2-4,7,10-14,19H,5-6,8-9,24H2,1H3,(H,26,28,29,32). The molecule has 1 aliphatic rings. The predicted octanol–water partition coefficient (Wildman–Crippen LogP) is 2.61. The zero-order valence-electron chi connectivity index (χ0n) is 17.8. The van der Waals surface area contributed by atoms with Crippen molar-refractivity contribution >= 4 is 28.6 Å². The fourth-order valence-corrected chi connectivity index (χ4v) is 3.87. The lowest BCUT2D eigenvalue weighted by atomic mass is 10.1. The Balaban J connectivity index is 1.36. The van der Waals surface area contributed by atoms with E-state index in [2.05, 4.69) is 30.3 Å². The van der Waals surface area contributed by atoms with Gasteiger partial charge in [0, 0.05) is 61.3 Å². The van der Waals surface area contributed by atoms with E-state index < -0.39 is 0 Å². The number of aryl methyl sites for hydroxylation is 1. The summed E-state index contributed by atoms with van der Waals surface area (Å²) in [6.45, 7) is 1.68. The molecular weight excluding hydrogens is 404 g/mol. The van der Waals surface area contributed by atoms with Gasteiger partial charge in [-0.3, -0.25) is 14.8 Å². The minimum atomic E-state index is -0.273. The number of benzene rings is 1. The number of nitrogens with two attached hydrogens (primary N) is 1. The highest BCUT2D eigenvalue weighted by Gasteiger charge is 2.18. The van der Waals surface area contributed by atoms with Crippen LogP contribution in [0.5, 0.6) is 0 Å². The smallest absolute Gasteiger partial charge is 0.258 e. The molecule has 1 amide bonds. The van der Waals surface area contributed by atoms with Crippen LogP contribution in [-0.2, 0) is 7.05 Å². The van der Waals surface area contributed by atoms with Gasteiger partial charge in [0.1, 0.15) is 5.82 Å². The number of piperidine rings is 1. The number of aromatic nitrogens is 5. The van der Waals surface area contributed by atoms with Crippen LogP contribution in [0.4, 0.5) is 11.8 Å². The van der Waals surface area contributed by atoms with E-state index in [1.54, 1.807) is 29.2 Å². The van der Waals surface area contributed by atoms with Gasteiger partial charge < -0.3 is 10.6 Å². The number of hydrogen-bond acceptors (Lipinski definition) is 7. The van der Waals surface area contributed by atoms with Crippen LogP contribution in [0.3, 0.4) is 0 Å². The Morgan fingerprint density at radius 2 is 1.94 bits per heavy atom. The highest BCUT2D eigenvalue weighted by Crippen LogP contribution is 2.24. The molecule has 1 saturated heterocycles. The average molecular weight is 429 g/mol. The number of carbonyl (C=O) groups is 1. The molecule has 3 N–H and O–H groups in total. The molecule has 9 heteroatoms. The van der Waals surface area contributed by atoms with Gasteiger partial charge in [0.2, 0.25) is 5.95 Å². The van der Waals surface area contributed by atoms with Crippen molar-refractivity contribution in [3.63, 3.8) is 0 Å². The lowest BCUT2D eigenvalue weighted by Gasteiger charge is -2.31. The van der Waals surface area contributed by atoms with E-state index in [1.807, 2.05) is 37.6 Å². The number of carbonyl (C=O) groups excluding carboxylic acids is 1. The quantitative estimate of drug-likeness (QED) is 0.513. The van der Waals surface area contributed by atoms with Crippen LogP contribution >= 0.6 is 0 Å². The molecule has 1 fully saturated rings. The Labute approximate surface area is 185 Å². The summed E-state index contributed by atoms with van der Waals surface area (Å²) < 4.78 is 1.76. The van der Waals surface area contributed by atoms with E-state index in [4.69, 9.17) is 5.73 Å². The molecule has 0 unspecified atom stereocenters. The first-order valence-electron chi connectivity index (χ1n) is 10.6. The Morgan fingerprint density at radius 3 is 2.72 bits per heavy atom. The van der Waals surface area contributed by atoms with E-state index in [9.17, 15) is 4.79 Å². The first-order valence-corrected chi connectivity index (χ1v) is 10.6. The number of amides is 1. The molecule has 5 rings (SSSR count). The molecule has 32 heavy (non-hydrogen) atoms. The molecule has 1 aromatic carbocycles. The second-order valence-electron chi connectivity index (χ2n) is 8.05. The van der Waals surface area contributed by atoms with Gasteiger partial charge in [0.15, 0.2) is 0 Å². The van der Waals surface area contributed by atoms with E-state index in [1.165, 1.54) is 0 Å². The van der Waals surface area contributed by atoms with Crippen molar-refractivity contribution in [2.24, 2.45) is 12.8 Å². The number of rotatable bonds is 4. The van der Waals surface area contributed by atoms with Gasteiger partial charge in [0.05, 0.1) is 11.7 Å². The van der Waals surface area contributed by atoms with E-state index in [-0.39, 0.29) is 17.9 Å². The van der Waals surface area contributed by atoms with Gasteiger partial charge in [0.25, 0.3) is 5.91 Å². The first-order chi connectivity index (χ1) is 15.5. The molecule has 4 heterocycles. The summed E-state index contributed by atoms with van der Waals surface area (Å²) in [6.07, 6.45) is 8.96. The summed E-state index contributed by atoms with van der Waals surface area (Å²) in [5.41, 5.74) is 9.25. The van der Waals surface area contributed by atoms with Crippen molar-refractivity contribution < 1.29 is 4.79 Å². The predicted molar refractivity (Wildman–Crippen MR) is 123 cm³/mol. The second-order valence-corrected chi connectivity index (χ2v) is 8.05. The molecule has 3 aromatic heterocycles. The van der Waals surface area contributed by atoms with Crippen molar-refractivity contribution in [2.75, 3.05) is 23.3 Å². The van der Waals surface area contributed by atoms with E-state index in [0.29, 0.717) is 5.56 Å². The van der Waals surface area contributed by atoms with Crippen molar-refractivity contribution in [2.45, 2.75) is 18.9 Å². The van der Waals surface area contributed by atoms with Crippen LogP contribution in [0.1, 0.15) is 23.2 Å². The maximum atomic E-state index is 12.9. The zero-order valence-corrected chi connectivity index (χ0v) is 17.8. The third kappa shape index (κ3) is 4.15. The Bertz CT molecular complexity index is 1280. The van der Waals surface area contributed by atoms with Gasteiger partial charge in [-0.1, -0.05) is 12.1 Å². The number of pyridine rings is 1. The van der Waals surface area contributed by atoms with Crippen LogP contribution in [0.2, 0.25) is 0 Å². The maximum Gasteiger partial charge on any atom is 0.258 e. The van der Waals surface area contributed by atoms with Gasteiger partial charge in [-0.2, -0.15) is 5.10 Å². The first kappa shape index (κ1) is 20.1. The lowest BCUT2D eigenvalue weighted by molar-refractivity contribution is 0.102. The second kappa shape index (κ2) is 8.35. The van der Waals surface area contributed by atoms with Crippen molar-refractivity contribution in [3.05, 3.63) is 60.7 Å². The fraction of sp³-hybridized carbons (Fsp3) is 0.261. The summed E-state index contributed by atoms with van der Waals surface area (Å²) >= 11 is 0. The molecule has 4 aromatic rings. The van der Waals surface area contributed by atoms with Crippen LogP contribution < -0.4 is 16.0 Å². The summed E-state index contributed by atoms with van der Waals surface area (Å²) in [4.78, 5) is 28.3. The Morgan fingerprint density at radius 1 is 1.09 bits per heavy atom. The fourth-order valence-electron chi connectivity index (χ4n) is 3.87. The normalized spacial score (nSPS) is 14.6. The van der Waals surface area contributed by atoms with Crippen LogP contribution in [0.15, 0.2) is 55.1 Å². The zero-order chi connectivity index (χ0) is 22.1. The summed E-state index contributed by atoms with van der Waals surface area (Å²) in [5, 5.41) is 7.92. The van der Waals surface area contributed by atoms with E-state index >= 15 is 0 Å². The number of fused-ring (bicyclic) bond motifs is 1. The molecule has 0 radical (unpaired) electrons. The molecule has 1 aliphatic heterocycles. The number of nitrogens with zero attached hydrogens (tertiary/aromatic N) is 6. The number of anilines is 2. The molecule has 0 saturated carbocycles. The minimum Gasteiger partial charge on any atom is -0.356 e. The highest BCUT2D eigenvalue weighted by atomic mass is 16.1. The topological polar surface area (TPSA) is 115 Å². The van der Waals surface area contributed by atoms with Gasteiger partial charge in [-0.25, -0.2) is 15.0 Å². The van der Waals surface area contributed by atoms with E-state index in [0.717, 1.165) is 53.8 Å². The summed E-state index contributed by atoms with van der Waals surface area (Å²) in [7, 11) is 1.88. The Hall–Kier alpha value is -3.85. The van der Waals surface area contributed by atoms with Crippen molar-refractivity contribution in [1.29, 1.82) is 0 Å². The molecule has 0 bridgehead atoms. The third-order valence-electron chi connectivity index (χ3n) is 5.72. The maximum absolute atomic E-state index is 12.9. The average Bonchev–Trinajstić information content (AvgIpc) is 3.25. The lowest BCUT2D eigenvalue weighted by Crippen LogP contribution is -2.40. The van der Waals surface area contributed by atoms with Crippen LogP contribution in [0.25, 0.3) is 22.0 Å². The van der Waals surface area contributed by atoms with Gasteiger partial charge >= 0.3 is 0 Å². The van der Waals surface area contributed by atoms with Crippen LogP contribution in [0, 0.1) is 0 Å². The monoisotopic (exact) mass is 428 g/mol. The molecule has 0 spiro atoms. The molecule has 0 aliphatic carbocycles. The largest absolute Gasteiger partial charge is 0.356 e. The highest BCUT2D eigenvalue weighted by molar-refractivity contribution is 6.04. The van der Waals surface area contributed by atoms with Crippen molar-refractivity contribution in [3.8, 4) is 11.1 Å². The van der Waals surface area contributed by atoms with Crippen LogP contribution in [-0.4, -0.2) is 49.8 Å². The van der Waals surface area contributed by atoms with Gasteiger partial charge in [-0.05, 0) is 36.6 Å². The summed E-state index contributed by atoms with van der Waals surface area (Å²) in [5.74, 6) is 0.767. The molecular formula is C23H24N8O. The molecule has 9 nitrogen and oxygen atoms in total.